The molecule has 0 saturated carbocycles. The van der Waals surface area contributed by atoms with Crippen LogP contribution in [-0.4, -0.2) is 49.7 Å². The van der Waals surface area contributed by atoms with E-state index in [4.69, 9.17) is 11.6 Å². The minimum atomic E-state index is 0.450. The molecule has 2 atom stereocenters. The summed E-state index contributed by atoms with van der Waals surface area (Å²) in [6, 6.07) is 2.92. The van der Waals surface area contributed by atoms with Crippen molar-refractivity contribution in [3.63, 3.8) is 0 Å². The number of nitrogens with zero attached hydrogens (tertiary/aromatic N) is 5. The number of hydrogen-bond donors (Lipinski definition) is 1. The molecule has 2 aromatic rings. The Morgan fingerprint density at radius 1 is 1.25 bits per heavy atom. The van der Waals surface area contributed by atoms with Gasteiger partial charge in [-0.15, -0.1) is 0 Å². The maximum absolute atomic E-state index is 6.06. The van der Waals surface area contributed by atoms with Crippen LogP contribution in [0.3, 0.4) is 0 Å². The predicted molar refractivity (Wildman–Crippen MR) is 77.0 cm³/mol. The Morgan fingerprint density at radius 2 is 2.20 bits per heavy atom. The number of fused-ring (bicyclic) bond motifs is 2. The van der Waals surface area contributed by atoms with Crippen LogP contribution in [0.1, 0.15) is 25.7 Å². The normalized spacial score (nSPS) is 26.9. The summed E-state index contributed by atoms with van der Waals surface area (Å²) in [6.07, 6.45) is 6.61. The zero-order chi connectivity index (χ0) is 13.5. The van der Waals surface area contributed by atoms with Crippen LogP contribution >= 0.6 is 11.6 Å². The Kier molecular flexibility index (Phi) is 3.00. The van der Waals surface area contributed by atoms with Crippen molar-refractivity contribution in [3.8, 4) is 0 Å². The first-order valence-electron chi connectivity index (χ1n) is 7.18. The SMILES string of the molecule is Clc1cc(NC2CCN3CCCCC23)n2ncnc2n1. The van der Waals surface area contributed by atoms with E-state index in [9.17, 15) is 0 Å². The van der Waals surface area contributed by atoms with E-state index in [1.807, 2.05) is 6.07 Å². The van der Waals surface area contributed by atoms with Gasteiger partial charge in [-0.05, 0) is 25.8 Å². The second-order valence-electron chi connectivity index (χ2n) is 5.57. The van der Waals surface area contributed by atoms with Crippen LogP contribution in [0.15, 0.2) is 12.4 Å². The van der Waals surface area contributed by atoms with Crippen molar-refractivity contribution in [3.05, 3.63) is 17.5 Å². The highest BCUT2D eigenvalue weighted by Gasteiger charge is 2.35. The minimum absolute atomic E-state index is 0.450. The number of piperidine rings is 1. The maximum atomic E-state index is 6.06. The van der Waals surface area contributed by atoms with E-state index in [1.54, 1.807) is 4.52 Å². The number of aromatic nitrogens is 4. The van der Waals surface area contributed by atoms with E-state index >= 15 is 0 Å². The zero-order valence-electron chi connectivity index (χ0n) is 11.2. The van der Waals surface area contributed by atoms with Crippen molar-refractivity contribution in [1.29, 1.82) is 0 Å². The van der Waals surface area contributed by atoms with Crippen LogP contribution in [0.2, 0.25) is 5.15 Å². The van der Waals surface area contributed by atoms with E-state index in [2.05, 4.69) is 25.3 Å². The van der Waals surface area contributed by atoms with Crippen molar-refractivity contribution in [1.82, 2.24) is 24.5 Å². The summed E-state index contributed by atoms with van der Waals surface area (Å²) in [6.45, 7) is 2.42. The van der Waals surface area contributed by atoms with Gasteiger partial charge in [0, 0.05) is 24.7 Å². The van der Waals surface area contributed by atoms with E-state index < -0.39 is 0 Å². The lowest BCUT2D eigenvalue weighted by molar-refractivity contribution is 0.192. The predicted octanol–water partition coefficient (Wildman–Crippen LogP) is 1.82. The van der Waals surface area contributed by atoms with Crippen LogP contribution in [0.5, 0.6) is 0 Å². The second kappa shape index (κ2) is 4.86. The van der Waals surface area contributed by atoms with Gasteiger partial charge in [0.1, 0.15) is 17.3 Å². The molecule has 0 spiro atoms. The van der Waals surface area contributed by atoms with Crippen molar-refractivity contribution in [2.75, 3.05) is 18.4 Å². The molecule has 2 aliphatic heterocycles. The lowest BCUT2D eigenvalue weighted by atomic mass is 9.99. The Morgan fingerprint density at radius 3 is 3.15 bits per heavy atom. The van der Waals surface area contributed by atoms with Crippen LogP contribution in [0.25, 0.3) is 5.78 Å². The quantitative estimate of drug-likeness (QED) is 0.856. The molecule has 2 saturated heterocycles. The third-order valence-electron chi connectivity index (χ3n) is 4.41. The number of rotatable bonds is 2. The Hall–Kier alpha value is -1.40. The highest BCUT2D eigenvalue weighted by Crippen LogP contribution is 2.29. The van der Waals surface area contributed by atoms with Crippen molar-refractivity contribution >= 4 is 23.2 Å². The average Bonchev–Trinajstić information content (AvgIpc) is 3.06. The summed E-state index contributed by atoms with van der Waals surface area (Å²) in [4.78, 5) is 10.9. The van der Waals surface area contributed by atoms with Gasteiger partial charge in [0.2, 0.25) is 0 Å². The molecule has 2 aromatic heterocycles. The molecule has 1 N–H and O–H groups in total. The largest absolute Gasteiger partial charge is 0.365 e. The summed E-state index contributed by atoms with van der Waals surface area (Å²) in [5.74, 6) is 1.42. The molecular weight excluding hydrogens is 276 g/mol. The molecule has 2 aliphatic rings. The number of anilines is 1. The molecule has 6 nitrogen and oxygen atoms in total. The molecule has 0 bridgehead atoms. The Bertz CT molecular complexity index is 626. The van der Waals surface area contributed by atoms with Gasteiger partial charge in [0.25, 0.3) is 5.78 Å². The standard InChI is InChI=1S/C13H17ClN6/c14-11-7-12(20-13(18-11)15-8-16-20)17-9-4-6-19-5-2-1-3-10(9)19/h7-10,17H,1-6H2. The fourth-order valence-corrected chi connectivity index (χ4v) is 3.67. The summed E-state index contributed by atoms with van der Waals surface area (Å²) in [5, 5.41) is 8.27. The first-order valence-corrected chi connectivity index (χ1v) is 7.56. The monoisotopic (exact) mass is 292 g/mol. The van der Waals surface area contributed by atoms with Crippen molar-refractivity contribution in [2.45, 2.75) is 37.8 Å². The van der Waals surface area contributed by atoms with Gasteiger partial charge < -0.3 is 5.32 Å². The molecule has 0 aromatic carbocycles. The van der Waals surface area contributed by atoms with E-state index in [0.717, 1.165) is 5.82 Å². The highest BCUT2D eigenvalue weighted by atomic mass is 35.5. The Labute approximate surface area is 122 Å². The highest BCUT2D eigenvalue weighted by molar-refractivity contribution is 6.29. The van der Waals surface area contributed by atoms with Crippen LogP contribution in [0.4, 0.5) is 5.82 Å². The molecule has 0 radical (unpaired) electrons. The fourth-order valence-electron chi connectivity index (χ4n) is 3.49. The minimum Gasteiger partial charge on any atom is -0.365 e. The van der Waals surface area contributed by atoms with Gasteiger partial charge in [0.15, 0.2) is 0 Å². The van der Waals surface area contributed by atoms with Crippen molar-refractivity contribution < 1.29 is 0 Å². The van der Waals surface area contributed by atoms with Gasteiger partial charge in [-0.2, -0.15) is 19.6 Å². The number of nitrogens with one attached hydrogen (secondary N) is 1. The molecule has 4 heterocycles. The van der Waals surface area contributed by atoms with Crippen LogP contribution in [0, 0.1) is 0 Å². The van der Waals surface area contributed by atoms with E-state index in [-0.39, 0.29) is 0 Å². The molecule has 0 amide bonds. The second-order valence-corrected chi connectivity index (χ2v) is 5.96. The lowest BCUT2D eigenvalue weighted by Crippen LogP contribution is -2.42. The molecule has 2 unspecified atom stereocenters. The van der Waals surface area contributed by atoms with Gasteiger partial charge in [-0.3, -0.25) is 4.90 Å². The number of halogens is 1. The Balaban J connectivity index is 1.62. The summed E-state index contributed by atoms with van der Waals surface area (Å²) in [5.41, 5.74) is 0. The topological polar surface area (TPSA) is 58.4 Å². The summed E-state index contributed by atoms with van der Waals surface area (Å²) in [7, 11) is 0. The van der Waals surface area contributed by atoms with Crippen molar-refractivity contribution in [2.24, 2.45) is 0 Å². The van der Waals surface area contributed by atoms with Gasteiger partial charge in [0.05, 0.1) is 0 Å². The van der Waals surface area contributed by atoms with Gasteiger partial charge in [-0.25, -0.2) is 0 Å². The first kappa shape index (κ1) is 12.3. The van der Waals surface area contributed by atoms with Crippen LogP contribution < -0.4 is 5.32 Å². The lowest BCUT2D eigenvalue weighted by Gasteiger charge is -2.32. The van der Waals surface area contributed by atoms with Crippen LogP contribution in [-0.2, 0) is 0 Å². The third kappa shape index (κ3) is 2.03. The summed E-state index contributed by atoms with van der Waals surface area (Å²) >= 11 is 6.06. The summed E-state index contributed by atoms with van der Waals surface area (Å²) < 4.78 is 1.72. The maximum Gasteiger partial charge on any atom is 0.255 e. The molecule has 7 heteroatoms. The van der Waals surface area contributed by atoms with E-state index in [0.29, 0.717) is 23.0 Å². The first-order chi connectivity index (χ1) is 9.81. The third-order valence-corrected chi connectivity index (χ3v) is 4.60. The molecular formula is C13H17ClN6. The molecule has 106 valence electrons. The van der Waals surface area contributed by atoms with Gasteiger partial charge in [-0.1, -0.05) is 18.0 Å². The fraction of sp³-hybridized carbons (Fsp3) is 0.615. The van der Waals surface area contributed by atoms with E-state index in [1.165, 1.54) is 45.1 Å². The molecule has 0 aliphatic carbocycles. The molecule has 4 rings (SSSR count). The van der Waals surface area contributed by atoms with Gasteiger partial charge >= 0.3 is 0 Å². The zero-order valence-corrected chi connectivity index (χ0v) is 11.9. The average molecular weight is 293 g/mol. The number of hydrogen-bond acceptors (Lipinski definition) is 5. The smallest absolute Gasteiger partial charge is 0.255 e. The molecule has 2 fully saturated rings. The molecule has 20 heavy (non-hydrogen) atoms.